The van der Waals surface area contributed by atoms with Crippen molar-refractivity contribution < 1.29 is 34.4 Å². The van der Waals surface area contributed by atoms with Crippen molar-refractivity contribution in [2.45, 2.75) is 167 Å². The van der Waals surface area contributed by atoms with Gasteiger partial charge >= 0.3 is 11.9 Å². The summed E-state index contributed by atoms with van der Waals surface area (Å²) in [6.07, 6.45) is 20.2. The van der Waals surface area contributed by atoms with Gasteiger partial charge in [-0.1, -0.05) is 110 Å². The number of ether oxygens (including phenoxy) is 2. The van der Waals surface area contributed by atoms with Crippen molar-refractivity contribution in [2.75, 3.05) is 13.2 Å². The van der Waals surface area contributed by atoms with Crippen LogP contribution >= 0.6 is 0 Å². The van der Waals surface area contributed by atoms with Crippen LogP contribution in [-0.4, -0.2) is 58.8 Å². The number of carbonyl (C=O) groups excluding carboxylic acids is 2. The highest BCUT2D eigenvalue weighted by atomic mass is 16.6. The summed E-state index contributed by atoms with van der Waals surface area (Å²) in [5.74, 6) is 0.0861. The first kappa shape index (κ1) is 38.6. The molecule has 0 aliphatic rings. The maximum atomic E-state index is 11.9. The molecule has 0 spiro atoms. The van der Waals surface area contributed by atoms with Crippen molar-refractivity contribution in [2.24, 2.45) is 5.92 Å². The molecule has 7 nitrogen and oxygen atoms in total. The van der Waals surface area contributed by atoms with Crippen LogP contribution in [0.15, 0.2) is 12.2 Å². The van der Waals surface area contributed by atoms with Crippen molar-refractivity contribution in [3.63, 3.8) is 0 Å². The van der Waals surface area contributed by atoms with Crippen LogP contribution in [0.3, 0.4) is 0 Å². The second kappa shape index (κ2) is 27.7. The van der Waals surface area contributed by atoms with Gasteiger partial charge in [-0.25, -0.2) is 0 Å². The molecular weight excluding hydrogens is 508 g/mol. The van der Waals surface area contributed by atoms with Crippen molar-refractivity contribution >= 4 is 11.9 Å². The Morgan fingerprint density at radius 1 is 0.625 bits per heavy atom. The van der Waals surface area contributed by atoms with Gasteiger partial charge in [0.1, 0.15) is 19.3 Å². The topological polar surface area (TPSA) is 113 Å². The Morgan fingerprint density at radius 2 is 1.12 bits per heavy atom. The third-order valence-corrected chi connectivity index (χ3v) is 7.13. The molecule has 7 heteroatoms. The highest BCUT2D eigenvalue weighted by molar-refractivity contribution is 5.69. The quantitative estimate of drug-likeness (QED) is 0.0518. The molecule has 0 unspecified atom stereocenters. The largest absolute Gasteiger partial charge is 0.463 e. The highest BCUT2D eigenvalue weighted by Gasteiger charge is 2.14. The van der Waals surface area contributed by atoms with E-state index >= 15 is 0 Å². The van der Waals surface area contributed by atoms with Gasteiger partial charge in [-0.05, 0) is 44.4 Å². The SMILES string of the molecule is CCCCC/C=C\C[C@@H](O)[C@H](O)CCCCCCCC(=O)OC[C@@H](O)COC(=O)CCCCCCCCC(C)C. The lowest BCUT2D eigenvalue weighted by Gasteiger charge is -2.16. The summed E-state index contributed by atoms with van der Waals surface area (Å²) in [6, 6.07) is 0. The third kappa shape index (κ3) is 26.8. The second-order valence-electron chi connectivity index (χ2n) is 11.7. The number of hydrogen-bond acceptors (Lipinski definition) is 7. The van der Waals surface area contributed by atoms with Crippen molar-refractivity contribution in [1.29, 1.82) is 0 Å². The minimum absolute atomic E-state index is 0.156. The molecule has 0 heterocycles. The Kier molecular flexibility index (Phi) is 26.7. The zero-order valence-electron chi connectivity index (χ0n) is 26.0. The molecule has 0 aromatic rings. The van der Waals surface area contributed by atoms with Crippen LogP contribution in [0.5, 0.6) is 0 Å². The van der Waals surface area contributed by atoms with Crippen LogP contribution in [-0.2, 0) is 19.1 Å². The van der Waals surface area contributed by atoms with E-state index in [1.165, 1.54) is 44.9 Å². The molecule has 0 amide bonds. The van der Waals surface area contributed by atoms with E-state index in [0.29, 0.717) is 25.7 Å². The monoisotopic (exact) mass is 570 g/mol. The molecule has 0 rings (SSSR count). The Bertz CT molecular complexity index is 620. The molecule has 0 bridgehead atoms. The highest BCUT2D eigenvalue weighted by Crippen LogP contribution is 2.14. The number of allylic oxidation sites excluding steroid dienone is 1. The first-order valence-electron chi connectivity index (χ1n) is 16.3. The Morgan fingerprint density at radius 3 is 1.65 bits per heavy atom. The van der Waals surface area contributed by atoms with Crippen LogP contribution < -0.4 is 0 Å². The molecule has 0 saturated carbocycles. The zero-order chi connectivity index (χ0) is 29.8. The normalized spacial score (nSPS) is 14.0. The van der Waals surface area contributed by atoms with Crippen molar-refractivity contribution in [1.82, 2.24) is 0 Å². The molecular formula is C33H62O7. The molecule has 3 N–H and O–H groups in total. The fourth-order valence-electron chi connectivity index (χ4n) is 4.47. The number of unbranched alkanes of at least 4 members (excludes halogenated alkanes) is 12. The summed E-state index contributed by atoms with van der Waals surface area (Å²) >= 11 is 0. The molecule has 3 atom stereocenters. The van der Waals surface area contributed by atoms with Crippen LogP contribution in [0.25, 0.3) is 0 Å². The molecule has 236 valence electrons. The predicted molar refractivity (Wildman–Crippen MR) is 162 cm³/mol. The van der Waals surface area contributed by atoms with E-state index in [9.17, 15) is 24.9 Å². The number of aliphatic hydroxyl groups is 3. The number of aliphatic hydroxyl groups excluding tert-OH is 3. The van der Waals surface area contributed by atoms with Crippen LogP contribution in [0.2, 0.25) is 0 Å². The fourth-order valence-corrected chi connectivity index (χ4v) is 4.47. The molecule has 0 aliphatic heterocycles. The number of esters is 2. The predicted octanol–water partition coefficient (Wildman–Crippen LogP) is 7.19. The minimum Gasteiger partial charge on any atom is -0.463 e. The van der Waals surface area contributed by atoms with E-state index < -0.39 is 18.3 Å². The number of rotatable bonds is 28. The molecule has 0 aromatic carbocycles. The average molecular weight is 571 g/mol. The van der Waals surface area contributed by atoms with Gasteiger partial charge in [-0.3, -0.25) is 9.59 Å². The maximum Gasteiger partial charge on any atom is 0.305 e. The summed E-state index contributed by atoms with van der Waals surface area (Å²) in [7, 11) is 0. The van der Waals surface area contributed by atoms with Gasteiger partial charge in [0.25, 0.3) is 0 Å². The standard InChI is InChI=1S/C33H62O7/c1-4-5-6-7-12-17-22-30(35)31(36)23-18-13-10-15-20-25-33(38)40-27-29(34)26-39-32(37)24-19-14-9-8-11-16-21-28(2)3/h12,17,28-31,34-36H,4-11,13-16,18-27H2,1-3H3/b17-12-/t29-,30+,31+/m0/s1. The molecule has 0 saturated heterocycles. The van der Waals surface area contributed by atoms with E-state index in [-0.39, 0.29) is 31.6 Å². The molecule has 0 aromatic heterocycles. The molecule has 40 heavy (non-hydrogen) atoms. The summed E-state index contributed by atoms with van der Waals surface area (Å²) in [5.41, 5.74) is 0. The van der Waals surface area contributed by atoms with Crippen molar-refractivity contribution in [3.05, 3.63) is 12.2 Å². The first-order chi connectivity index (χ1) is 19.3. The van der Waals surface area contributed by atoms with Crippen LogP contribution in [0.1, 0.15) is 149 Å². The lowest BCUT2D eigenvalue weighted by Crippen LogP contribution is -2.25. The summed E-state index contributed by atoms with van der Waals surface area (Å²) in [5, 5.41) is 30.1. The molecule has 0 radical (unpaired) electrons. The molecule has 0 fully saturated rings. The number of hydrogen-bond donors (Lipinski definition) is 3. The van der Waals surface area contributed by atoms with Gasteiger partial charge in [0.05, 0.1) is 12.2 Å². The average Bonchev–Trinajstić information content (AvgIpc) is 2.93. The Hall–Kier alpha value is -1.44. The van der Waals surface area contributed by atoms with Gasteiger partial charge in [0, 0.05) is 12.8 Å². The van der Waals surface area contributed by atoms with Gasteiger partial charge in [0.15, 0.2) is 0 Å². The third-order valence-electron chi connectivity index (χ3n) is 7.13. The van der Waals surface area contributed by atoms with Gasteiger partial charge in [-0.15, -0.1) is 0 Å². The summed E-state index contributed by atoms with van der Waals surface area (Å²) in [6.45, 7) is 6.34. The van der Waals surface area contributed by atoms with Crippen LogP contribution in [0.4, 0.5) is 0 Å². The Balaban J connectivity index is 3.61. The van der Waals surface area contributed by atoms with Crippen LogP contribution in [0, 0.1) is 5.92 Å². The van der Waals surface area contributed by atoms with E-state index in [1.807, 2.05) is 6.08 Å². The van der Waals surface area contributed by atoms with Crippen molar-refractivity contribution in [3.8, 4) is 0 Å². The lowest BCUT2D eigenvalue weighted by atomic mass is 10.0. The number of carbonyl (C=O) groups is 2. The summed E-state index contributed by atoms with van der Waals surface area (Å²) < 4.78 is 10.2. The first-order valence-corrected chi connectivity index (χ1v) is 16.3. The minimum atomic E-state index is -1.01. The maximum absolute atomic E-state index is 11.9. The van der Waals surface area contributed by atoms with Gasteiger partial charge in [0.2, 0.25) is 0 Å². The zero-order valence-corrected chi connectivity index (χ0v) is 26.0. The Labute approximate surface area is 245 Å². The van der Waals surface area contributed by atoms with E-state index in [2.05, 4.69) is 26.8 Å². The summed E-state index contributed by atoms with van der Waals surface area (Å²) in [4.78, 5) is 23.7. The van der Waals surface area contributed by atoms with E-state index in [1.54, 1.807) is 0 Å². The van der Waals surface area contributed by atoms with Gasteiger partial charge in [-0.2, -0.15) is 0 Å². The fraction of sp³-hybridized carbons (Fsp3) is 0.879. The lowest BCUT2D eigenvalue weighted by molar-refractivity contribution is -0.152. The second-order valence-corrected chi connectivity index (χ2v) is 11.7. The van der Waals surface area contributed by atoms with Gasteiger partial charge < -0.3 is 24.8 Å². The van der Waals surface area contributed by atoms with E-state index in [4.69, 9.17) is 9.47 Å². The molecule has 0 aliphatic carbocycles. The van der Waals surface area contributed by atoms with E-state index in [0.717, 1.165) is 57.3 Å². The smallest absolute Gasteiger partial charge is 0.305 e.